The highest BCUT2D eigenvalue weighted by Crippen LogP contribution is 2.63. The van der Waals surface area contributed by atoms with E-state index < -0.39 is 18.0 Å². The van der Waals surface area contributed by atoms with Crippen LogP contribution >= 0.6 is 0 Å². The van der Waals surface area contributed by atoms with Crippen molar-refractivity contribution in [3.8, 4) is 6.07 Å². The molecule has 0 radical (unpaired) electrons. The zero-order chi connectivity index (χ0) is 13.1. The van der Waals surface area contributed by atoms with E-state index in [0.717, 1.165) is 6.42 Å². The molecule has 3 fully saturated rings. The first-order valence-electron chi connectivity index (χ1n) is 6.23. The van der Waals surface area contributed by atoms with E-state index in [1.165, 1.54) is 0 Å². The van der Waals surface area contributed by atoms with Crippen LogP contribution in [0.3, 0.4) is 0 Å². The van der Waals surface area contributed by atoms with Gasteiger partial charge in [0.2, 0.25) is 0 Å². The van der Waals surface area contributed by atoms with E-state index >= 15 is 0 Å². The summed E-state index contributed by atoms with van der Waals surface area (Å²) in [5.41, 5.74) is -0.216. The third kappa shape index (κ3) is 1.35. The standard InChI is InChI=1S/C13H17NO4/c1-6(2)11(15)17-9-7-3-8-10(9)18-12(16)13(8,4-7)5-14/h7-12,15-16H,1,3-4H2,2H3. The van der Waals surface area contributed by atoms with Gasteiger partial charge in [-0.1, -0.05) is 6.58 Å². The van der Waals surface area contributed by atoms with Crippen LogP contribution in [-0.2, 0) is 9.47 Å². The highest BCUT2D eigenvalue weighted by molar-refractivity contribution is 5.22. The summed E-state index contributed by atoms with van der Waals surface area (Å²) in [5, 5.41) is 28.9. The molecule has 0 aromatic rings. The third-order valence-corrected chi connectivity index (χ3v) is 4.65. The van der Waals surface area contributed by atoms with Gasteiger partial charge >= 0.3 is 0 Å². The van der Waals surface area contributed by atoms with Crippen molar-refractivity contribution in [2.75, 3.05) is 0 Å². The predicted octanol–water partition coefficient (Wildman–Crippen LogP) is 0.533. The minimum atomic E-state index is -1.03. The number of nitrogens with zero attached hydrogens (tertiary/aromatic N) is 1. The topological polar surface area (TPSA) is 82.7 Å². The zero-order valence-electron chi connectivity index (χ0n) is 10.2. The molecular weight excluding hydrogens is 234 g/mol. The van der Waals surface area contributed by atoms with E-state index in [0.29, 0.717) is 12.0 Å². The van der Waals surface area contributed by atoms with Crippen LogP contribution in [0.15, 0.2) is 12.2 Å². The van der Waals surface area contributed by atoms with Gasteiger partial charge in [-0.05, 0) is 31.3 Å². The molecule has 3 aliphatic rings. The second-order valence-electron chi connectivity index (χ2n) is 5.71. The molecule has 7 unspecified atom stereocenters. The first kappa shape index (κ1) is 12.1. The molecule has 2 bridgehead atoms. The quantitative estimate of drug-likeness (QED) is 0.565. The second kappa shape index (κ2) is 3.78. The molecule has 1 heterocycles. The molecule has 18 heavy (non-hydrogen) atoms. The summed E-state index contributed by atoms with van der Waals surface area (Å²) < 4.78 is 11.1. The Morgan fingerprint density at radius 2 is 2.39 bits per heavy atom. The fourth-order valence-electron chi connectivity index (χ4n) is 3.74. The van der Waals surface area contributed by atoms with Crippen molar-refractivity contribution in [1.29, 1.82) is 5.26 Å². The summed E-state index contributed by atoms with van der Waals surface area (Å²) in [4.78, 5) is 0. The highest BCUT2D eigenvalue weighted by Gasteiger charge is 2.70. The number of aliphatic hydroxyl groups is 2. The molecule has 3 rings (SSSR count). The lowest BCUT2D eigenvalue weighted by Crippen LogP contribution is -2.41. The summed E-state index contributed by atoms with van der Waals surface area (Å²) >= 11 is 0. The maximum Gasteiger partial charge on any atom is 0.176 e. The second-order valence-corrected chi connectivity index (χ2v) is 5.71. The van der Waals surface area contributed by atoms with Crippen molar-refractivity contribution in [1.82, 2.24) is 0 Å². The van der Waals surface area contributed by atoms with Crippen LogP contribution in [0.4, 0.5) is 0 Å². The number of ether oxygens (including phenoxy) is 2. The van der Waals surface area contributed by atoms with Gasteiger partial charge in [0.1, 0.15) is 5.41 Å². The van der Waals surface area contributed by atoms with Crippen molar-refractivity contribution in [3.05, 3.63) is 12.2 Å². The molecule has 0 spiro atoms. The number of hydrogen-bond acceptors (Lipinski definition) is 5. The highest BCUT2D eigenvalue weighted by atomic mass is 16.7. The van der Waals surface area contributed by atoms with Crippen LogP contribution in [0.5, 0.6) is 0 Å². The lowest BCUT2D eigenvalue weighted by Gasteiger charge is -2.31. The van der Waals surface area contributed by atoms with Crippen LogP contribution in [0.25, 0.3) is 0 Å². The number of nitriles is 1. The van der Waals surface area contributed by atoms with Gasteiger partial charge < -0.3 is 19.7 Å². The van der Waals surface area contributed by atoms with Crippen molar-refractivity contribution in [3.63, 3.8) is 0 Å². The predicted molar refractivity (Wildman–Crippen MR) is 60.8 cm³/mol. The van der Waals surface area contributed by atoms with Crippen LogP contribution < -0.4 is 0 Å². The normalized spacial score (nSPS) is 50.2. The molecule has 2 aliphatic carbocycles. The summed E-state index contributed by atoms with van der Waals surface area (Å²) in [7, 11) is 0. The monoisotopic (exact) mass is 251 g/mol. The minimum Gasteiger partial charge on any atom is -0.367 e. The molecule has 7 atom stereocenters. The number of fused-ring (bicyclic) bond motifs is 1. The van der Waals surface area contributed by atoms with E-state index in [1.54, 1.807) is 6.92 Å². The molecule has 1 aliphatic heterocycles. The van der Waals surface area contributed by atoms with Gasteiger partial charge in [0, 0.05) is 5.92 Å². The van der Waals surface area contributed by atoms with E-state index in [9.17, 15) is 15.5 Å². The summed E-state index contributed by atoms with van der Waals surface area (Å²) in [5.74, 6) is 0.190. The zero-order valence-corrected chi connectivity index (χ0v) is 10.2. The lowest BCUT2D eigenvalue weighted by atomic mass is 9.74. The SMILES string of the molecule is C=C(C)C(O)OC1C2CC3C1OC(O)C3(C#N)C2. The molecule has 2 saturated carbocycles. The Morgan fingerprint density at radius 1 is 1.67 bits per heavy atom. The summed E-state index contributed by atoms with van der Waals surface area (Å²) in [6, 6.07) is 2.24. The van der Waals surface area contributed by atoms with Crippen LogP contribution in [0.1, 0.15) is 19.8 Å². The number of aliphatic hydroxyl groups excluding tert-OH is 2. The van der Waals surface area contributed by atoms with Gasteiger partial charge in [0.15, 0.2) is 12.6 Å². The maximum absolute atomic E-state index is 9.93. The first-order chi connectivity index (χ1) is 8.49. The Balaban J connectivity index is 1.81. The van der Waals surface area contributed by atoms with Gasteiger partial charge in [0.25, 0.3) is 0 Å². The largest absolute Gasteiger partial charge is 0.367 e. The van der Waals surface area contributed by atoms with Crippen molar-refractivity contribution in [2.45, 2.75) is 44.6 Å². The summed E-state index contributed by atoms with van der Waals surface area (Å²) in [6.45, 7) is 5.34. The average Bonchev–Trinajstić information content (AvgIpc) is 2.90. The van der Waals surface area contributed by atoms with Crippen LogP contribution in [-0.4, -0.2) is 35.0 Å². The van der Waals surface area contributed by atoms with Crippen molar-refractivity contribution < 1.29 is 19.7 Å². The fraction of sp³-hybridized carbons (Fsp3) is 0.769. The van der Waals surface area contributed by atoms with Gasteiger partial charge in [-0.15, -0.1) is 0 Å². The molecule has 5 heteroatoms. The average molecular weight is 251 g/mol. The molecule has 0 aromatic heterocycles. The Bertz CT molecular complexity index is 431. The molecule has 0 aromatic carbocycles. The van der Waals surface area contributed by atoms with Gasteiger partial charge in [-0.2, -0.15) is 5.26 Å². The minimum absolute atomic E-state index is 0.0184. The Kier molecular flexibility index (Phi) is 2.55. The van der Waals surface area contributed by atoms with Crippen molar-refractivity contribution in [2.24, 2.45) is 17.3 Å². The van der Waals surface area contributed by atoms with Crippen molar-refractivity contribution >= 4 is 0 Å². The molecule has 2 N–H and O–H groups in total. The maximum atomic E-state index is 9.93. The van der Waals surface area contributed by atoms with Gasteiger partial charge in [0.05, 0.1) is 18.3 Å². The fourth-order valence-corrected chi connectivity index (χ4v) is 3.74. The molecule has 1 saturated heterocycles. The number of hydrogen-bond donors (Lipinski definition) is 2. The van der Waals surface area contributed by atoms with Gasteiger partial charge in [-0.3, -0.25) is 0 Å². The van der Waals surface area contributed by atoms with Crippen LogP contribution in [0.2, 0.25) is 0 Å². The summed E-state index contributed by atoms with van der Waals surface area (Å²) in [6.07, 6.45) is -1.17. The third-order valence-electron chi connectivity index (χ3n) is 4.65. The van der Waals surface area contributed by atoms with E-state index in [2.05, 4.69) is 12.6 Å². The van der Waals surface area contributed by atoms with Crippen LogP contribution in [0, 0.1) is 28.6 Å². The molecular formula is C13H17NO4. The Labute approximate surface area is 106 Å². The van der Waals surface area contributed by atoms with Gasteiger partial charge in [-0.25, -0.2) is 0 Å². The Morgan fingerprint density at radius 3 is 3.00 bits per heavy atom. The number of rotatable bonds is 3. The smallest absolute Gasteiger partial charge is 0.176 e. The Hall–Kier alpha value is -0.930. The van der Waals surface area contributed by atoms with E-state index in [4.69, 9.17) is 9.47 Å². The first-order valence-corrected chi connectivity index (χ1v) is 6.23. The van der Waals surface area contributed by atoms with E-state index in [-0.39, 0.29) is 24.0 Å². The molecule has 98 valence electrons. The molecule has 5 nitrogen and oxygen atoms in total. The molecule has 0 amide bonds. The lowest BCUT2D eigenvalue weighted by molar-refractivity contribution is -0.177. The van der Waals surface area contributed by atoms with E-state index in [1.807, 2.05) is 0 Å².